The van der Waals surface area contributed by atoms with Crippen LogP contribution in [0.25, 0.3) is 0 Å². The quantitative estimate of drug-likeness (QED) is 0.643. The topological polar surface area (TPSA) is 74.8 Å². The first-order valence-corrected chi connectivity index (χ1v) is 8.25. The van der Waals surface area contributed by atoms with Gasteiger partial charge in [0, 0.05) is 11.1 Å². The molecule has 2 N–H and O–H groups in total. The van der Waals surface area contributed by atoms with Crippen LogP contribution in [0.15, 0.2) is 40.0 Å². The Hall–Kier alpha value is -2.56. The van der Waals surface area contributed by atoms with Crippen molar-refractivity contribution >= 4 is 12.1 Å². The van der Waals surface area contributed by atoms with Gasteiger partial charge < -0.3 is 9.52 Å². The van der Waals surface area contributed by atoms with E-state index in [1.54, 1.807) is 18.3 Å². The Morgan fingerprint density at radius 3 is 2.12 bits per heavy atom. The van der Waals surface area contributed by atoms with Gasteiger partial charge in [-0.25, -0.2) is 5.43 Å². The van der Waals surface area contributed by atoms with E-state index in [2.05, 4.69) is 10.5 Å². The Bertz CT molecular complexity index is 741. The third-order valence-corrected chi connectivity index (χ3v) is 3.87. The molecule has 0 saturated heterocycles. The summed E-state index contributed by atoms with van der Waals surface area (Å²) in [6, 6.07) is 7.00. The molecule has 0 saturated carbocycles. The number of nitrogens with zero attached hydrogens (tertiary/aromatic N) is 1. The molecule has 5 nitrogen and oxygen atoms in total. The summed E-state index contributed by atoms with van der Waals surface area (Å²) >= 11 is 0. The van der Waals surface area contributed by atoms with Crippen LogP contribution in [0.4, 0.5) is 0 Å². The Kier molecular flexibility index (Phi) is 5.07. The van der Waals surface area contributed by atoms with E-state index in [0.29, 0.717) is 5.75 Å². The van der Waals surface area contributed by atoms with Gasteiger partial charge in [-0.2, -0.15) is 5.10 Å². The lowest BCUT2D eigenvalue weighted by atomic mass is 9.78. The van der Waals surface area contributed by atoms with Crippen molar-refractivity contribution in [3.8, 4) is 5.75 Å². The Morgan fingerprint density at radius 1 is 1.12 bits per heavy atom. The van der Waals surface area contributed by atoms with Crippen LogP contribution in [0.3, 0.4) is 0 Å². The highest BCUT2D eigenvalue weighted by atomic mass is 16.3. The molecule has 0 radical (unpaired) electrons. The molecule has 134 valence electrons. The lowest BCUT2D eigenvalue weighted by molar-refractivity contribution is 0.0927. The minimum Gasteiger partial charge on any atom is -0.507 e. The molecule has 0 fully saturated rings. The van der Waals surface area contributed by atoms with Crippen LogP contribution in [0, 0.1) is 0 Å². The molecule has 0 spiro atoms. The molecule has 1 aromatic carbocycles. The summed E-state index contributed by atoms with van der Waals surface area (Å²) in [6.45, 7) is 12.3. The normalized spacial score (nSPS) is 12.6. The average Bonchev–Trinajstić information content (AvgIpc) is 3.00. The molecule has 2 aromatic rings. The summed E-state index contributed by atoms with van der Waals surface area (Å²) in [5.74, 6) is 0.109. The van der Waals surface area contributed by atoms with E-state index in [9.17, 15) is 9.90 Å². The molecule has 0 aliphatic carbocycles. The van der Waals surface area contributed by atoms with E-state index in [0.717, 1.165) is 16.7 Å². The summed E-state index contributed by atoms with van der Waals surface area (Å²) < 4.78 is 5.02. The van der Waals surface area contributed by atoms with Gasteiger partial charge in [-0.15, -0.1) is 0 Å². The minimum atomic E-state index is -0.410. The van der Waals surface area contributed by atoms with Crippen molar-refractivity contribution in [2.24, 2.45) is 5.10 Å². The van der Waals surface area contributed by atoms with E-state index in [-0.39, 0.29) is 16.6 Å². The van der Waals surface area contributed by atoms with Crippen LogP contribution < -0.4 is 5.43 Å². The largest absolute Gasteiger partial charge is 0.507 e. The Labute approximate surface area is 148 Å². The van der Waals surface area contributed by atoms with E-state index in [1.165, 1.54) is 6.26 Å². The number of carbonyl (C=O) groups is 1. The molecular formula is C20H26N2O3. The number of carbonyl (C=O) groups excluding carboxylic acids is 1. The van der Waals surface area contributed by atoms with Gasteiger partial charge >= 0.3 is 5.91 Å². The molecule has 5 heteroatoms. The maximum absolute atomic E-state index is 11.8. The van der Waals surface area contributed by atoms with Gasteiger partial charge in [-0.3, -0.25) is 4.79 Å². The number of phenolic OH excluding ortho intramolecular Hbond substituents is 1. The second-order valence-electron chi connectivity index (χ2n) is 8.14. The van der Waals surface area contributed by atoms with Gasteiger partial charge in [0.1, 0.15) is 5.75 Å². The van der Waals surface area contributed by atoms with E-state index in [1.807, 2.05) is 53.7 Å². The molecule has 0 aliphatic heterocycles. The highest BCUT2D eigenvalue weighted by Crippen LogP contribution is 2.39. The number of aromatic hydroxyl groups is 1. The Balaban J connectivity index is 2.34. The van der Waals surface area contributed by atoms with Crippen molar-refractivity contribution in [3.63, 3.8) is 0 Å². The highest BCUT2D eigenvalue weighted by molar-refractivity contribution is 5.92. The van der Waals surface area contributed by atoms with Crippen LogP contribution in [-0.4, -0.2) is 17.2 Å². The summed E-state index contributed by atoms with van der Waals surface area (Å²) in [5.41, 5.74) is 4.51. The third kappa shape index (κ3) is 4.50. The molecular weight excluding hydrogens is 316 g/mol. The maximum atomic E-state index is 11.8. The summed E-state index contributed by atoms with van der Waals surface area (Å²) in [6.07, 6.45) is 3.01. The fraction of sp³-hybridized carbons (Fsp3) is 0.400. The number of nitrogens with one attached hydrogen (secondary N) is 1. The number of hydrogen-bond acceptors (Lipinski definition) is 4. The molecule has 1 aromatic heterocycles. The third-order valence-electron chi connectivity index (χ3n) is 3.87. The van der Waals surface area contributed by atoms with Crippen molar-refractivity contribution in [1.29, 1.82) is 0 Å². The first-order chi connectivity index (χ1) is 11.5. The van der Waals surface area contributed by atoms with Gasteiger partial charge in [-0.1, -0.05) is 41.5 Å². The van der Waals surface area contributed by atoms with Crippen molar-refractivity contribution in [3.05, 3.63) is 53.0 Å². The second kappa shape index (κ2) is 6.75. The van der Waals surface area contributed by atoms with Gasteiger partial charge in [0.15, 0.2) is 5.76 Å². The number of furan rings is 1. The van der Waals surface area contributed by atoms with Gasteiger partial charge in [0.25, 0.3) is 0 Å². The fourth-order valence-electron chi connectivity index (χ4n) is 2.50. The van der Waals surface area contributed by atoms with Crippen LogP contribution >= 0.6 is 0 Å². The number of hydrogen-bond donors (Lipinski definition) is 2. The maximum Gasteiger partial charge on any atom is 0.307 e. The second-order valence-corrected chi connectivity index (χ2v) is 8.14. The fourth-order valence-corrected chi connectivity index (χ4v) is 2.50. The minimum absolute atomic E-state index is 0.202. The van der Waals surface area contributed by atoms with Crippen molar-refractivity contribution in [1.82, 2.24) is 5.43 Å². The van der Waals surface area contributed by atoms with Crippen LogP contribution in [0.2, 0.25) is 0 Å². The lowest BCUT2D eigenvalue weighted by Gasteiger charge is -2.27. The van der Waals surface area contributed by atoms with Crippen LogP contribution in [0.1, 0.15) is 68.8 Å². The summed E-state index contributed by atoms with van der Waals surface area (Å²) in [4.78, 5) is 11.8. The zero-order valence-electron chi connectivity index (χ0n) is 15.7. The molecule has 0 aliphatic rings. The predicted octanol–water partition coefficient (Wildman–Crippen LogP) is 4.34. The smallest absolute Gasteiger partial charge is 0.307 e. The Morgan fingerprint density at radius 2 is 1.68 bits per heavy atom. The number of phenols is 1. The monoisotopic (exact) mass is 342 g/mol. The number of rotatable bonds is 3. The van der Waals surface area contributed by atoms with Crippen molar-refractivity contribution < 1.29 is 14.3 Å². The SMILES string of the molecule is CC(C)(C)c1cc(/C=N/NC(=O)c2ccco2)cc(C(C)(C)C)c1O. The van der Waals surface area contributed by atoms with Crippen LogP contribution in [-0.2, 0) is 10.8 Å². The standard InChI is InChI=1S/C20H26N2O3/c1-19(2,3)14-10-13(11-15(17(14)23)20(4,5)6)12-21-22-18(24)16-8-7-9-25-16/h7-12,23H,1-6H3,(H,22,24)/b21-12+. The number of hydrazone groups is 1. The van der Waals surface area contributed by atoms with E-state index < -0.39 is 5.91 Å². The van der Waals surface area contributed by atoms with Crippen LogP contribution in [0.5, 0.6) is 5.75 Å². The molecule has 25 heavy (non-hydrogen) atoms. The molecule has 1 heterocycles. The molecule has 0 unspecified atom stereocenters. The van der Waals surface area contributed by atoms with E-state index >= 15 is 0 Å². The lowest BCUT2D eigenvalue weighted by Crippen LogP contribution is -2.19. The van der Waals surface area contributed by atoms with Gasteiger partial charge in [-0.05, 0) is 40.7 Å². The zero-order chi connectivity index (χ0) is 18.8. The zero-order valence-corrected chi connectivity index (χ0v) is 15.7. The molecule has 0 atom stereocenters. The summed E-state index contributed by atoms with van der Waals surface area (Å²) in [5, 5.41) is 14.7. The van der Waals surface area contributed by atoms with Gasteiger partial charge in [0.05, 0.1) is 12.5 Å². The number of amides is 1. The van der Waals surface area contributed by atoms with Crippen molar-refractivity contribution in [2.75, 3.05) is 0 Å². The first-order valence-electron chi connectivity index (χ1n) is 8.25. The summed E-state index contributed by atoms with van der Waals surface area (Å²) in [7, 11) is 0. The predicted molar refractivity (Wildman–Crippen MR) is 99.3 cm³/mol. The number of benzene rings is 1. The molecule has 2 rings (SSSR count). The highest BCUT2D eigenvalue weighted by Gasteiger charge is 2.26. The van der Waals surface area contributed by atoms with E-state index in [4.69, 9.17) is 4.42 Å². The first kappa shape index (κ1) is 18.8. The molecule has 0 bridgehead atoms. The van der Waals surface area contributed by atoms with Gasteiger partial charge in [0.2, 0.25) is 0 Å². The average molecular weight is 342 g/mol. The molecule has 1 amide bonds. The van der Waals surface area contributed by atoms with Crippen molar-refractivity contribution in [2.45, 2.75) is 52.4 Å².